The molecule has 1 aliphatic carbocycles. The van der Waals surface area contributed by atoms with Crippen molar-refractivity contribution in [2.45, 2.75) is 44.1 Å². The summed E-state index contributed by atoms with van der Waals surface area (Å²) in [6.45, 7) is 3.13. The van der Waals surface area contributed by atoms with Crippen molar-refractivity contribution < 1.29 is 4.79 Å². The van der Waals surface area contributed by atoms with E-state index < -0.39 is 0 Å². The number of aromatic nitrogens is 2. The van der Waals surface area contributed by atoms with Gasteiger partial charge in [0.25, 0.3) is 0 Å². The molecule has 0 bridgehead atoms. The highest BCUT2D eigenvalue weighted by atomic mass is 32.2. The van der Waals surface area contributed by atoms with Gasteiger partial charge in [-0.25, -0.2) is 9.97 Å². The van der Waals surface area contributed by atoms with Gasteiger partial charge in [0.05, 0.1) is 5.75 Å². The zero-order chi connectivity index (χ0) is 19.1. The Morgan fingerprint density at radius 1 is 1.29 bits per heavy atom. The minimum absolute atomic E-state index is 0.168. The Hall–Kier alpha value is -1.92. The molecule has 2 aromatic heterocycles. The normalized spacial score (nSPS) is 18.8. The maximum Gasteiger partial charge on any atom is 0.237 e. The number of thiophene rings is 1. The molecule has 0 N–H and O–H groups in total. The van der Waals surface area contributed by atoms with Crippen LogP contribution in [0.25, 0.3) is 10.2 Å². The summed E-state index contributed by atoms with van der Waals surface area (Å²) < 4.78 is 0. The number of nitrogens with zero attached hydrogens (tertiary/aromatic N) is 3. The molecule has 3 aromatic rings. The number of carbonyl (C=O) groups is 1. The molecule has 0 fully saturated rings. The molecular formula is C22H23N3OS2. The number of anilines is 1. The number of thioether (sulfide) groups is 1. The number of amides is 1. The van der Waals surface area contributed by atoms with E-state index in [0.717, 1.165) is 53.7 Å². The lowest BCUT2D eigenvalue weighted by Crippen LogP contribution is -2.36. The van der Waals surface area contributed by atoms with Gasteiger partial charge < -0.3 is 4.90 Å². The van der Waals surface area contributed by atoms with E-state index in [0.29, 0.717) is 5.75 Å². The van der Waals surface area contributed by atoms with Crippen LogP contribution in [0.3, 0.4) is 0 Å². The van der Waals surface area contributed by atoms with Crippen molar-refractivity contribution in [3.05, 3.63) is 46.6 Å². The third-order valence-electron chi connectivity index (χ3n) is 5.80. The molecule has 0 radical (unpaired) electrons. The molecule has 28 heavy (non-hydrogen) atoms. The van der Waals surface area contributed by atoms with Crippen molar-refractivity contribution in [1.82, 2.24) is 9.97 Å². The van der Waals surface area contributed by atoms with Crippen molar-refractivity contribution in [2.75, 3.05) is 17.2 Å². The maximum absolute atomic E-state index is 13.0. The number of carbonyl (C=O) groups excluding carboxylic acids is 1. The second kappa shape index (κ2) is 7.48. The summed E-state index contributed by atoms with van der Waals surface area (Å²) in [5, 5.41) is 2.17. The van der Waals surface area contributed by atoms with E-state index in [1.807, 2.05) is 22.3 Å². The number of rotatable bonds is 3. The van der Waals surface area contributed by atoms with Crippen LogP contribution in [0.1, 0.15) is 35.8 Å². The summed E-state index contributed by atoms with van der Waals surface area (Å²) in [5.74, 6) is 1.33. The molecule has 1 atom stereocenters. The van der Waals surface area contributed by atoms with E-state index in [1.165, 1.54) is 27.8 Å². The lowest BCUT2D eigenvalue weighted by atomic mass is 9.89. The van der Waals surface area contributed by atoms with Crippen LogP contribution >= 0.6 is 23.1 Å². The third kappa shape index (κ3) is 3.22. The highest BCUT2D eigenvalue weighted by Crippen LogP contribution is 2.40. The highest BCUT2D eigenvalue weighted by molar-refractivity contribution is 8.00. The van der Waals surface area contributed by atoms with Crippen molar-refractivity contribution in [2.24, 2.45) is 5.92 Å². The summed E-state index contributed by atoms with van der Waals surface area (Å²) in [5.41, 5.74) is 3.78. The average molecular weight is 410 g/mol. The van der Waals surface area contributed by atoms with E-state index in [9.17, 15) is 4.79 Å². The predicted octanol–water partition coefficient (Wildman–Crippen LogP) is 4.89. The smallest absolute Gasteiger partial charge is 0.237 e. The van der Waals surface area contributed by atoms with E-state index in [-0.39, 0.29) is 5.91 Å². The number of hydrogen-bond donors (Lipinski definition) is 0. The molecule has 1 aliphatic heterocycles. The Labute approximate surface area is 173 Å². The quantitative estimate of drug-likeness (QED) is 0.456. The minimum atomic E-state index is 0.168. The summed E-state index contributed by atoms with van der Waals surface area (Å²) >= 11 is 3.38. The molecule has 0 saturated heterocycles. The van der Waals surface area contributed by atoms with Gasteiger partial charge in [-0.1, -0.05) is 36.9 Å². The summed E-state index contributed by atoms with van der Waals surface area (Å²) in [6, 6.07) is 8.27. The fourth-order valence-corrected chi connectivity index (χ4v) is 6.67. The van der Waals surface area contributed by atoms with Gasteiger partial charge in [0, 0.05) is 22.5 Å². The molecule has 1 unspecified atom stereocenters. The molecule has 1 aromatic carbocycles. The molecule has 4 nitrogen and oxygen atoms in total. The highest BCUT2D eigenvalue weighted by Gasteiger charge is 2.25. The fourth-order valence-electron chi connectivity index (χ4n) is 4.36. The standard InChI is InChI=1S/C22H23N3OS2/c1-14-8-9-16-18(11-14)28-22-20(16)21(23-13-24-22)27-12-19(26)25-10-4-6-15-5-2-3-7-17(15)25/h2-3,5,7,13-14H,4,6,8-12H2,1H3. The second-order valence-electron chi connectivity index (χ2n) is 7.78. The Kier molecular flexibility index (Phi) is 4.85. The van der Waals surface area contributed by atoms with Gasteiger partial charge in [0.15, 0.2) is 0 Å². The summed E-state index contributed by atoms with van der Waals surface area (Å²) in [4.78, 5) is 26.6. The van der Waals surface area contributed by atoms with Gasteiger partial charge in [0.1, 0.15) is 16.2 Å². The van der Waals surface area contributed by atoms with Crippen molar-refractivity contribution in [3.8, 4) is 0 Å². The van der Waals surface area contributed by atoms with Crippen molar-refractivity contribution in [3.63, 3.8) is 0 Å². The molecule has 144 valence electrons. The van der Waals surface area contributed by atoms with Gasteiger partial charge in [0.2, 0.25) is 5.91 Å². The predicted molar refractivity (Wildman–Crippen MR) is 116 cm³/mol. The maximum atomic E-state index is 13.0. The molecule has 6 heteroatoms. The number of para-hydroxylation sites is 1. The molecule has 0 spiro atoms. The van der Waals surface area contributed by atoms with Crippen LogP contribution in [0.15, 0.2) is 35.6 Å². The van der Waals surface area contributed by atoms with E-state index in [2.05, 4.69) is 35.1 Å². The Morgan fingerprint density at radius 2 is 2.18 bits per heavy atom. The average Bonchev–Trinajstić information content (AvgIpc) is 3.09. The van der Waals surface area contributed by atoms with Crippen molar-refractivity contribution >= 4 is 44.9 Å². The minimum Gasteiger partial charge on any atom is -0.311 e. The first kappa shape index (κ1) is 18.1. The molecule has 2 aliphatic rings. The van der Waals surface area contributed by atoms with Crippen LogP contribution in [-0.4, -0.2) is 28.2 Å². The Balaban J connectivity index is 1.39. The van der Waals surface area contributed by atoms with Crippen molar-refractivity contribution in [1.29, 1.82) is 0 Å². The van der Waals surface area contributed by atoms with Crippen LogP contribution in [0.2, 0.25) is 0 Å². The van der Waals surface area contributed by atoms with Crippen LogP contribution < -0.4 is 4.90 Å². The molecular weight excluding hydrogens is 386 g/mol. The first-order valence-corrected chi connectivity index (χ1v) is 11.8. The molecule has 5 rings (SSSR count). The number of aryl methyl sites for hydroxylation is 2. The zero-order valence-electron chi connectivity index (χ0n) is 16.0. The SMILES string of the molecule is CC1CCc2c(sc3ncnc(SCC(=O)N4CCCc5ccccc54)c23)C1. The second-order valence-corrected chi connectivity index (χ2v) is 9.82. The Bertz CT molecular complexity index is 1050. The van der Waals surface area contributed by atoms with Gasteiger partial charge in [-0.3, -0.25) is 4.79 Å². The molecule has 1 amide bonds. The van der Waals surface area contributed by atoms with Gasteiger partial charge >= 0.3 is 0 Å². The topological polar surface area (TPSA) is 46.1 Å². The van der Waals surface area contributed by atoms with Gasteiger partial charge in [-0.05, 0) is 55.2 Å². The lowest BCUT2D eigenvalue weighted by molar-refractivity contribution is -0.116. The van der Waals surface area contributed by atoms with E-state index in [4.69, 9.17) is 0 Å². The lowest BCUT2D eigenvalue weighted by Gasteiger charge is -2.29. The first-order valence-electron chi connectivity index (χ1n) is 9.97. The van der Waals surface area contributed by atoms with Crippen LogP contribution in [0.5, 0.6) is 0 Å². The fraction of sp³-hybridized carbons (Fsp3) is 0.409. The largest absolute Gasteiger partial charge is 0.311 e. The number of benzene rings is 1. The summed E-state index contributed by atoms with van der Waals surface area (Å²) in [7, 11) is 0. The van der Waals surface area contributed by atoms with Crippen LogP contribution in [0.4, 0.5) is 5.69 Å². The van der Waals surface area contributed by atoms with Gasteiger partial charge in [-0.15, -0.1) is 11.3 Å². The first-order chi connectivity index (χ1) is 13.7. The van der Waals surface area contributed by atoms with Crippen LogP contribution in [0, 0.1) is 5.92 Å². The monoisotopic (exact) mass is 409 g/mol. The third-order valence-corrected chi connectivity index (χ3v) is 7.94. The Morgan fingerprint density at radius 3 is 3.11 bits per heavy atom. The zero-order valence-corrected chi connectivity index (χ0v) is 17.6. The van der Waals surface area contributed by atoms with E-state index in [1.54, 1.807) is 18.1 Å². The summed E-state index contributed by atoms with van der Waals surface area (Å²) in [6.07, 6.45) is 7.20. The number of fused-ring (bicyclic) bond motifs is 4. The van der Waals surface area contributed by atoms with Gasteiger partial charge in [-0.2, -0.15) is 0 Å². The molecule has 0 saturated carbocycles. The molecule has 3 heterocycles. The number of hydrogen-bond acceptors (Lipinski definition) is 5. The van der Waals surface area contributed by atoms with Crippen LogP contribution in [-0.2, 0) is 24.1 Å². The van der Waals surface area contributed by atoms with E-state index >= 15 is 0 Å².